The van der Waals surface area contributed by atoms with E-state index in [1.54, 1.807) is 0 Å². The van der Waals surface area contributed by atoms with Crippen LogP contribution in [0.1, 0.15) is 47.0 Å². The molecule has 0 radical (unpaired) electrons. The molecule has 1 aliphatic rings. The van der Waals surface area contributed by atoms with Gasteiger partial charge in [-0.15, -0.1) is 0 Å². The molecule has 0 aromatic carbocycles. The van der Waals surface area contributed by atoms with Crippen LogP contribution in [-0.2, 0) is 9.53 Å². The number of hydrogen-bond donors (Lipinski definition) is 1. The smallest absolute Gasteiger partial charge is 0.334 e. The lowest BCUT2D eigenvalue weighted by Gasteiger charge is -2.36. The largest absolute Gasteiger partial charge is 0.460 e. The second-order valence-electron chi connectivity index (χ2n) is 5.48. The summed E-state index contributed by atoms with van der Waals surface area (Å²) in [6, 6.07) is 0. The SMILES string of the molecule is CC(O)C(=O)O[C@H]1C[C@@H](C)CC[C@@H]1C(C)C. The number of rotatable bonds is 3. The third-order valence-corrected chi connectivity index (χ3v) is 3.57. The van der Waals surface area contributed by atoms with Crippen LogP contribution in [0.4, 0.5) is 0 Å². The Bertz CT molecular complexity index is 235. The van der Waals surface area contributed by atoms with E-state index < -0.39 is 12.1 Å². The summed E-state index contributed by atoms with van der Waals surface area (Å²) in [5.74, 6) is 1.10. The molecule has 1 rings (SSSR count). The van der Waals surface area contributed by atoms with E-state index in [0.29, 0.717) is 17.8 Å². The maximum atomic E-state index is 11.4. The number of aliphatic hydroxyl groups is 1. The van der Waals surface area contributed by atoms with Gasteiger partial charge in [-0.25, -0.2) is 4.79 Å². The van der Waals surface area contributed by atoms with Gasteiger partial charge >= 0.3 is 5.97 Å². The van der Waals surface area contributed by atoms with Crippen molar-refractivity contribution in [2.24, 2.45) is 17.8 Å². The van der Waals surface area contributed by atoms with Gasteiger partial charge in [0, 0.05) is 0 Å². The fraction of sp³-hybridized carbons (Fsp3) is 0.923. The molecule has 4 atom stereocenters. The van der Waals surface area contributed by atoms with Gasteiger partial charge in [0.1, 0.15) is 12.2 Å². The van der Waals surface area contributed by atoms with E-state index in [2.05, 4.69) is 20.8 Å². The predicted molar refractivity (Wildman–Crippen MR) is 62.9 cm³/mol. The number of aliphatic hydroxyl groups excluding tert-OH is 1. The van der Waals surface area contributed by atoms with Crippen LogP contribution >= 0.6 is 0 Å². The Morgan fingerprint density at radius 2 is 1.94 bits per heavy atom. The summed E-state index contributed by atoms with van der Waals surface area (Å²) < 4.78 is 5.41. The van der Waals surface area contributed by atoms with Gasteiger partial charge in [0.25, 0.3) is 0 Å². The minimum absolute atomic E-state index is 0.00847. The fourth-order valence-electron chi connectivity index (χ4n) is 2.50. The van der Waals surface area contributed by atoms with Crippen LogP contribution < -0.4 is 0 Å². The first-order valence-corrected chi connectivity index (χ1v) is 6.30. The molecule has 0 aliphatic heterocycles. The molecule has 1 saturated carbocycles. The maximum absolute atomic E-state index is 11.4. The standard InChI is InChI=1S/C13H24O3/c1-8(2)11-6-5-9(3)7-12(11)16-13(15)10(4)14/h8-12,14H,5-7H2,1-4H3/t9-,10?,11+,12-/m0/s1. The van der Waals surface area contributed by atoms with Gasteiger partial charge in [-0.05, 0) is 37.5 Å². The molecule has 0 amide bonds. The lowest BCUT2D eigenvalue weighted by Crippen LogP contribution is -2.37. The number of esters is 1. The van der Waals surface area contributed by atoms with E-state index in [1.807, 2.05) is 0 Å². The molecule has 0 bridgehead atoms. The summed E-state index contributed by atoms with van der Waals surface area (Å²) in [4.78, 5) is 11.4. The summed E-state index contributed by atoms with van der Waals surface area (Å²) in [6.45, 7) is 7.99. The zero-order chi connectivity index (χ0) is 12.3. The Balaban J connectivity index is 2.61. The van der Waals surface area contributed by atoms with E-state index in [0.717, 1.165) is 12.8 Å². The summed E-state index contributed by atoms with van der Waals surface area (Å²) in [5.41, 5.74) is 0. The molecule has 1 N–H and O–H groups in total. The first-order valence-electron chi connectivity index (χ1n) is 6.30. The van der Waals surface area contributed by atoms with Crippen molar-refractivity contribution in [1.29, 1.82) is 0 Å². The molecule has 1 aliphatic carbocycles. The average molecular weight is 228 g/mol. The van der Waals surface area contributed by atoms with Crippen molar-refractivity contribution in [3.63, 3.8) is 0 Å². The minimum atomic E-state index is -1.01. The third kappa shape index (κ3) is 3.48. The molecule has 94 valence electrons. The molecule has 0 spiro atoms. The summed E-state index contributed by atoms with van der Waals surface area (Å²) in [5, 5.41) is 9.17. The van der Waals surface area contributed by atoms with E-state index in [-0.39, 0.29) is 6.10 Å². The first kappa shape index (κ1) is 13.5. The lowest BCUT2D eigenvalue weighted by atomic mass is 9.75. The van der Waals surface area contributed by atoms with Crippen LogP contribution in [0.15, 0.2) is 0 Å². The molecule has 0 aromatic rings. The van der Waals surface area contributed by atoms with Crippen molar-refractivity contribution in [2.75, 3.05) is 0 Å². The molecule has 0 aromatic heterocycles. The highest BCUT2D eigenvalue weighted by Gasteiger charge is 2.33. The summed E-state index contributed by atoms with van der Waals surface area (Å²) in [7, 11) is 0. The Hall–Kier alpha value is -0.570. The highest BCUT2D eigenvalue weighted by Crippen LogP contribution is 2.35. The normalized spacial score (nSPS) is 32.5. The van der Waals surface area contributed by atoms with E-state index in [4.69, 9.17) is 9.84 Å². The molecular formula is C13H24O3. The van der Waals surface area contributed by atoms with Crippen molar-refractivity contribution in [1.82, 2.24) is 0 Å². The van der Waals surface area contributed by atoms with Crippen LogP contribution in [0.2, 0.25) is 0 Å². The first-order chi connectivity index (χ1) is 7.41. The Morgan fingerprint density at radius 1 is 1.31 bits per heavy atom. The van der Waals surface area contributed by atoms with Crippen molar-refractivity contribution < 1.29 is 14.6 Å². The summed E-state index contributed by atoms with van der Waals surface area (Å²) >= 11 is 0. The topological polar surface area (TPSA) is 46.5 Å². The highest BCUT2D eigenvalue weighted by molar-refractivity contribution is 5.74. The molecule has 3 heteroatoms. The molecule has 3 nitrogen and oxygen atoms in total. The number of carbonyl (C=O) groups is 1. The molecular weight excluding hydrogens is 204 g/mol. The quantitative estimate of drug-likeness (QED) is 0.754. The lowest BCUT2D eigenvalue weighted by molar-refractivity contribution is -0.164. The van der Waals surface area contributed by atoms with Gasteiger partial charge in [-0.2, -0.15) is 0 Å². The van der Waals surface area contributed by atoms with Gasteiger partial charge in [-0.3, -0.25) is 0 Å². The van der Waals surface area contributed by atoms with Crippen molar-refractivity contribution >= 4 is 5.97 Å². The van der Waals surface area contributed by atoms with Crippen molar-refractivity contribution in [3.05, 3.63) is 0 Å². The number of hydrogen-bond acceptors (Lipinski definition) is 3. The van der Waals surface area contributed by atoms with Crippen LogP contribution in [0.5, 0.6) is 0 Å². The maximum Gasteiger partial charge on any atom is 0.334 e. The number of ether oxygens (including phenoxy) is 1. The van der Waals surface area contributed by atoms with Crippen LogP contribution in [0, 0.1) is 17.8 Å². The molecule has 0 saturated heterocycles. The van der Waals surface area contributed by atoms with Gasteiger partial charge < -0.3 is 9.84 Å². The van der Waals surface area contributed by atoms with Crippen molar-refractivity contribution in [3.8, 4) is 0 Å². The predicted octanol–water partition coefficient (Wildman–Crippen LogP) is 2.37. The van der Waals surface area contributed by atoms with E-state index in [1.165, 1.54) is 13.3 Å². The molecule has 1 unspecified atom stereocenters. The second-order valence-corrected chi connectivity index (χ2v) is 5.48. The monoisotopic (exact) mass is 228 g/mol. The van der Waals surface area contributed by atoms with Crippen LogP contribution in [0.3, 0.4) is 0 Å². The second kappa shape index (κ2) is 5.67. The fourth-order valence-corrected chi connectivity index (χ4v) is 2.50. The Morgan fingerprint density at radius 3 is 2.44 bits per heavy atom. The van der Waals surface area contributed by atoms with Gasteiger partial charge in [0.2, 0.25) is 0 Å². The Kier molecular flexibility index (Phi) is 4.78. The average Bonchev–Trinajstić information content (AvgIpc) is 2.16. The van der Waals surface area contributed by atoms with E-state index in [9.17, 15) is 4.79 Å². The number of carbonyl (C=O) groups excluding carboxylic acids is 1. The molecule has 0 heterocycles. The minimum Gasteiger partial charge on any atom is -0.460 e. The van der Waals surface area contributed by atoms with Gasteiger partial charge in [-0.1, -0.05) is 27.2 Å². The third-order valence-electron chi connectivity index (χ3n) is 3.57. The van der Waals surface area contributed by atoms with E-state index >= 15 is 0 Å². The van der Waals surface area contributed by atoms with Gasteiger partial charge in [0.15, 0.2) is 0 Å². The highest BCUT2D eigenvalue weighted by atomic mass is 16.6. The molecule has 16 heavy (non-hydrogen) atoms. The zero-order valence-corrected chi connectivity index (χ0v) is 10.8. The van der Waals surface area contributed by atoms with Gasteiger partial charge in [0.05, 0.1) is 0 Å². The zero-order valence-electron chi connectivity index (χ0n) is 10.8. The Labute approximate surface area is 98.2 Å². The molecule has 1 fully saturated rings. The van der Waals surface area contributed by atoms with Crippen molar-refractivity contribution in [2.45, 2.75) is 59.2 Å². The van der Waals surface area contributed by atoms with Crippen LogP contribution in [0.25, 0.3) is 0 Å². The van der Waals surface area contributed by atoms with Crippen LogP contribution in [-0.4, -0.2) is 23.3 Å². The summed E-state index contributed by atoms with van der Waals surface area (Å²) in [6.07, 6.45) is 2.25.